The highest BCUT2D eigenvalue weighted by molar-refractivity contribution is 6.68. The lowest BCUT2D eigenvalue weighted by Gasteiger charge is -2.44. The van der Waals surface area contributed by atoms with Crippen molar-refractivity contribution in [3.8, 4) is 0 Å². The fraction of sp³-hybridized carbons (Fsp3) is 0.542. The van der Waals surface area contributed by atoms with E-state index in [-0.39, 0.29) is 12.3 Å². The second kappa shape index (κ2) is 10.3. The average molecular weight is 484 g/mol. The fourth-order valence-corrected chi connectivity index (χ4v) is 5.38. The third kappa shape index (κ3) is 5.85. The van der Waals surface area contributed by atoms with Gasteiger partial charge in [0, 0.05) is 6.04 Å². The Bertz CT molecular complexity index is 895. The number of hydrogen-bond acceptors (Lipinski definition) is 3. The van der Waals surface area contributed by atoms with E-state index >= 15 is 0 Å². The molecule has 0 unspecified atom stereocenters. The fourth-order valence-electron chi connectivity index (χ4n) is 5.03. The first-order valence-electron chi connectivity index (χ1n) is 11.1. The minimum atomic E-state index is -1.74. The zero-order valence-corrected chi connectivity index (χ0v) is 19.8. The SMILES string of the molecule is O=C(Cc1cccc2ccccc12)N[C@H](OC[C@H]1CCCN2CCCC[C@@H]12)C(Cl)(Cl)Cl. The van der Waals surface area contributed by atoms with Gasteiger partial charge in [-0.15, -0.1) is 0 Å². The molecule has 2 saturated heterocycles. The average Bonchev–Trinajstić information content (AvgIpc) is 2.76. The minimum absolute atomic E-state index is 0.196. The van der Waals surface area contributed by atoms with Crippen LogP contribution < -0.4 is 5.32 Å². The number of piperidine rings is 2. The van der Waals surface area contributed by atoms with Gasteiger partial charge < -0.3 is 15.0 Å². The maximum Gasteiger partial charge on any atom is 0.234 e. The van der Waals surface area contributed by atoms with Crippen LogP contribution in [-0.4, -0.2) is 46.6 Å². The molecule has 2 aliphatic rings. The van der Waals surface area contributed by atoms with Gasteiger partial charge in [0.2, 0.25) is 9.70 Å². The number of hydrogen-bond donors (Lipinski definition) is 1. The van der Waals surface area contributed by atoms with E-state index in [9.17, 15) is 4.79 Å². The van der Waals surface area contributed by atoms with Gasteiger partial charge >= 0.3 is 0 Å². The smallest absolute Gasteiger partial charge is 0.234 e. The van der Waals surface area contributed by atoms with Gasteiger partial charge in [0.25, 0.3) is 0 Å². The number of ether oxygens (including phenoxy) is 1. The Balaban J connectivity index is 1.39. The van der Waals surface area contributed by atoms with E-state index in [4.69, 9.17) is 39.5 Å². The number of amides is 1. The molecule has 0 aromatic heterocycles. The standard InChI is InChI=1S/C24H29Cl3N2O2/c25-24(26,27)23(31-16-19-10-6-14-29-13-4-3-12-21(19)29)28-22(30)15-18-9-5-8-17-7-1-2-11-20(17)18/h1-2,5,7-9,11,19,21,23H,3-4,6,10,12-16H2,(H,28,30)/t19-,21+,23-/m1/s1. The van der Waals surface area contributed by atoms with Crippen LogP contribution in [0.1, 0.15) is 37.7 Å². The van der Waals surface area contributed by atoms with Crippen LogP contribution in [0.5, 0.6) is 0 Å². The maximum atomic E-state index is 12.8. The Labute approximate surface area is 199 Å². The van der Waals surface area contributed by atoms with Crippen LogP contribution in [0.3, 0.4) is 0 Å². The van der Waals surface area contributed by atoms with Gasteiger partial charge in [-0.05, 0) is 61.0 Å². The highest BCUT2D eigenvalue weighted by Gasteiger charge is 2.38. The van der Waals surface area contributed by atoms with Gasteiger partial charge in [-0.25, -0.2) is 0 Å². The van der Waals surface area contributed by atoms with Crippen LogP contribution in [-0.2, 0) is 16.0 Å². The summed E-state index contributed by atoms with van der Waals surface area (Å²) in [5, 5.41) is 4.95. The number of fused-ring (bicyclic) bond motifs is 2. The Kier molecular flexibility index (Phi) is 7.66. The molecule has 0 spiro atoms. The molecule has 31 heavy (non-hydrogen) atoms. The largest absolute Gasteiger partial charge is 0.354 e. The molecule has 3 atom stereocenters. The quantitative estimate of drug-likeness (QED) is 0.437. The lowest BCUT2D eigenvalue weighted by atomic mass is 9.84. The molecule has 2 aliphatic heterocycles. The first kappa shape index (κ1) is 23.1. The number of carbonyl (C=O) groups is 1. The van der Waals surface area contributed by atoms with Crippen molar-refractivity contribution in [2.75, 3.05) is 19.7 Å². The summed E-state index contributed by atoms with van der Waals surface area (Å²) in [4.78, 5) is 15.4. The highest BCUT2D eigenvalue weighted by Crippen LogP contribution is 2.34. The number of carbonyl (C=O) groups excluding carboxylic acids is 1. The molecular weight excluding hydrogens is 455 g/mol. The minimum Gasteiger partial charge on any atom is -0.354 e. The van der Waals surface area contributed by atoms with E-state index in [0.29, 0.717) is 18.6 Å². The van der Waals surface area contributed by atoms with Gasteiger partial charge in [0.1, 0.15) is 0 Å². The Hall–Kier alpha value is -1.04. The Morgan fingerprint density at radius 2 is 1.84 bits per heavy atom. The molecule has 4 rings (SSSR count). The molecule has 1 N–H and O–H groups in total. The molecule has 2 aromatic carbocycles. The summed E-state index contributed by atoms with van der Waals surface area (Å²) in [5.41, 5.74) is 0.934. The number of nitrogens with zero attached hydrogens (tertiary/aromatic N) is 1. The first-order valence-corrected chi connectivity index (χ1v) is 12.2. The summed E-state index contributed by atoms with van der Waals surface area (Å²) < 4.78 is 4.30. The van der Waals surface area contributed by atoms with E-state index in [0.717, 1.165) is 42.3 Å². The molecule has 0 saturated carbocycles. The van der Waals surface area contributed by atoms with Crippen LogP contribution in [0.25, 0.3) is 10.8 Å². The van der Waals surface area contributed by atoms with E-state index in [2.05, 4.69) is 10.2 Å². The lowest BCUT2D eigenvalue weighted by molar-refractivity contribution is -0.125. The van der Waals surface area contributed by atoms with Gasteiger partial charge in [0.05, 0.1) is 13.0 Å². The van der Waals surface area contributed by atoms with Crippen LogP contribution >= 0.6 is 34.8 Å². The summed E-state index contributed by atoms with van der Waals surface area (Å²) in [5.74, 6) is 0.175. The summed E-state index contributed by atoms with van der Waals surface area (Å²) >= 11 is 18.5. The van der Waals surface area contributed by atoms with E-state index < -0.39 is 10.0 Å². The molecule has 2 aromatic rings. The molecule has 4 nitrogen and oxygen atoms in total. The normalized spacial score (nSPS) is 23.3. The first-order chi connectivity index (χ1) is 14.9. The summed E-state index contributed by atoms with van der Waals surface area (Å²) in [6.07, 6.45) is 5.20. The maximum absolute atomic E-state index is 12.8. The molecular formula is C24H29Cl3N2O2. The summed E-state index contributed by atoms with van der Waals surface area (Å²) in [7, 11) is 0. The topological polar surface area (TPSA) is 41.6 Å². The van der Waals surface area contributed by atoms with Gasteiger partial charge in [-0.1, -0.05) is 83.7 Å². The monoisotopic (exact) mass is 482 g/mol. The van der Waals surface area contributed by atoms with Crippen molar-refractivity contribution < 1.29 is 9.53 Å². The molecule has 168 valence electrons. The predicted molar refractivity (Wildman–Crippen MR) is 128 cm³/mol. The summed E-state index contributed by atoms with van der Waals surface area (Å²) in [6, 6.07) is 14.5. The van der Waals surface area contributed by atoms with Crippen molar-refractivity contribution in [2.45, 2.75) is 54.6 Å². The molecule has 0 aliphatic carbocycles. The van der Waals surface area contributed by atoms with E-state index in [1.807, 2.05) is 42.5 Å². The third-order valence-electron chi connectivity index (χ3n) is 6.53. The van der Waals surface area contributed by atoms with Gasteiger partial charge in [-0.2, -0.15) is 0 Å². The second-order valence-electron chi connectivity index (χ2n) is 8.64. The van der Waals surface area contributed by atoms with Crippen LogP contribution in [0, 0.1) is 5.92 Å². The van der Waals surface area contributed by atoms with Crippen LogP contribution in [0.4, 0.5) is 0 Å². The molecule has 7 heteroatoms. The lowest BCUT2D eigenvalue weighted by Crippen LogP contribution is -2.51. The molecule has 0 radical (unpaired) electrons. The van der Waals surface area contributed by atoms with Gasteiger partial charge in [-0.3, -0.25) is 4.79 Å². The number of nitrogens with one attached hydrogen (secondary N) is 1. The molecule has 2 heterocycles. The van der Waals surface area contributed by atoms with Crippen molar-refractivity contribution in [3.63, 3.8) is 0 Å². The van der Waals surface area contributed by atoms with E-state index in [1.165, 1.54) is 19.3 Å². The number of alkyl halides is 3. The molecule has 1 amide bonds. The Morgan fingerprint density at radius 1 is 1.06 bits per heavy atom. The number of rotatable bonds is 6. The zero-order valence-electron chi connectivity index (χ0n) is 17.5. The molecule has 2 fully saturated rings. The number of benzene rings is 2. The van der Waals surface area contributed by atoms with Crippen molar-refractivity contribution in [3.05, 3.63) is 48.0 Å². The van der Waals surface area contributed by atoms with Crippen molar-refractivity contribution in [1.29, 1.82) is 0 Å². The summed E-state index contributed by atoms with van der Waals surface area (Å²) in [6.45, 7) is 2.81. The van der Waals surface area contributed by atoms with Crippen molar-refractivity contribution in [1.82, 2.24) is 10.2 Å². The Morgan fingerprint density at radius 3 is 2.68 bits per heavy atom. The molecule has 0 bridgehead atoms. The number of halogens is 3. The van der Waals surface area contributed by atoms with E-state index in [1.54, 1.807) is 0 Å². The van der Waals surface area contributed by atoms with Crippen LogP contribution in [0.2, 0.25) is 0 Å². The second-order valence-corrected chi connectivity index (χ2v) is 11.0. The zero-order chi connectivity index (χ0) is 21.8. The third-order valence-corrected chi connectivity index (χ3v) is 7.12. The highest BCUT2D eigenvalue weighted by atomic mass is 35.6. The van der Waals surface area contributed by atoms with Crippen LogP contribution in [0.15, 0.2) is 42.5 Å². The predicted octanol–water partition coefficient (Wildman–Crippen LogP) is 5.48. The van der Waals surface area contributed by atoms with Gasteiger partial charge in [0.15, 0.2) is 6.23 Å². The van der Waals surface area contributed by atoms with Crippen molar-refractivity contribution >= 4 is 51.5 Å². The van der Waals surface area contributed by atoms with Crippen molar-refractivity contribution in [2.24, 2.45) is 5.92 Å².